The number of nitrogens with one attached hydrogen (secondary N) is 2. The van der Waals surface area contributed by atoms with Crippen LogP contribution < -0.4 is 15.4 Å². The van der Waals surface area contributed by atoms with Crippen LogP contribution in [-0.4, -0.2) is 67.0 Å². The number of hydrogen-bond donors (Lipinski definition) is 2. The molecule has 2 aliphatic heterocycles. The van der Waals surface area contributed by atoms with E-state index in [1.807, 2.05) is 75.4 Å². The van der Waals surface area contributed by atoms with Crippen LogP contribution in [-0.2, 0) is 14.3 Å². The van der Waals surface area contributed by atoms with Crippen molar-refractivity contribution in [2.45, 2.75) is 39.3 Å². The van der Waals surface area contributed by atoms with Gasteiger partial charge in [0.25, 0.3) is 5.91 Å². The van der Waals surface area contributed by atoms with Gasteiger partial charge in [-0.3, -0.25) is 14.5 Å². The Morgan fingerprint density at radius 2 is 1.84 bits per heavy atom. The minimum absolute atomic E-state index is 0.123. The molecule has 2 aliphatic rings. The molecular weight excluding hydrogens is 484 g/mol. The summed E-state index contributed by atoms with van der Waals surface area (Å²) in [6, 6.07) is 15.2. The number of carbonyl (C=O) groups is 3. The van der Waals surface area contributed by atoms with Gasteiger partial charge in [0.2, 0.25) is 5.91 Å². The molecule has 0 aliphatic carbocycles. The van der Waals surface area contributed by atoms with Gasteiger partial charge in [-0.15, -0.1) is 0 Å². The summed E-state index contributed by atoms with van der Waals surface area (Å²) in [6.07, 6.45) is 0.682. The van der Waals surface area contributed by atoms with Crippen LogP contribution in [0.25, 0.3) is 0 Å². The van der Waals surface area contributed by atoms with Crippen molar-refractivity contribution < 1.29 is 23.9 Å². The number of carbonyl (C=O) groups excluding carboxylic acids is 3. The maximum Gasteiger partial charge on any atom is 0.322 e. The third kappa shape index (κ3) is 5.67. The van der Waals surface area contributed by atoms with E-state index in [0.29, 0.717) is 48.9 Å². The topological polar surface area (TPSA) is 100 Å². The summed E-state index contributed by atoms with van der Waals surface area (Å²) in [4.78, 5) is 43.4. The number of methoxy groups -OCH3 is 1. The van der Waals surface area contributed by atoms with Gasteiger partial charge in [-0.1, -0.05) is 44.2 Å². The number of likely N-dealkylation sites (N-methyl/N-ethyl adjacent to an activating group) is 1. The van der Waals surface area contributed by atoms with Gasteiger partial charge in [-0.2, -0.15) is 0 Å². The molecule has 202 valence electrons. The number of urea groups is 1. The fourth-order valence-corrected chi connectivity index (χ4v) is 5.04. The maximum absolute atomic E-state index is 14.0. The van der Waals surface area contributed by atoms with Crippen molar-refractivity contribution in [3.05, 3.63) is 71.4 Å². The fraction of sp³-hybridized carbons (Fsp3) is 0.414. The van der Waals surface area contributed by atoms with E-state index < -0.39 is 12.1 Å². The highest BCUT2D eigenvalue weighted by molar-refractivity contribution is 6.03. The van der Waals surface area contributed by atoms with Crippen molar-refractivity contribution in [3.8, 4) is 11.5 Å². The summed E-state index contributed by atoms with van der Waals surface area (Å²) >= 11 is 0. The Morgan fingerprint density at radius 1 is 1.11 bits per heavy atom. The first-order valence-corrected chi connectivity index (χ1v) is 13.1. The van der Waals surface area contributed by atoms with E-state index in [0.717, 1.165) is 5.56 Å². The lowest BCUT2D eigenvalue weighted by Gasteiger charge is -2.33. The standard InChI is InChI=1S/C29H36N4O5/c1-5-32-23-18-33(26(19(2)3)27(34)30-15-10-16-37-4)28(35)24(23)25(31-29(32)36)20-11-9-14-22(17-20)38-21-12-7-6-8-13-21/h6-9,11-14,17,19,25-26H,5,10,15-16,18H2,1-4H3,(H,30,34)(H,31,36)/t25-,26-/m0/s1. The molecule has 2 heterocycles. The molecule has 4 amide bonds. The van der Waals surface area contributed by atoms with Crippen LogP contribution in [0.5, 0.6) is 11.5 Å². The van der Waals surface area contributed by atoms with Crippen LogP contribution in [0.1, 0.15) is 38.8 Å². The van der Waals surface area contributed by atoms with Crippen LogP contribution in [0.4, 0.5) is 4.79 Å². The van der Waals surface area contributed by atoms with E-state index in [-0.39, 0.29) is 30.3 Å². The summed E-state index contributed by atoms with van der Waals surface area (Å²) < 4.78 is 11.1. The number of ether oxygens (including phenoxy) is 2. The molecule has 0 bridgehead atoms. The van der Waals surface area contributed by atoms with Crippen LogP contribution >= 0.6 is 0 Å². The summed E-state index contributed by atoms with van der Waals surface area (Å²) in [7, 11) is 1.62. The van der Waals surface area contributed by atoms with Gasteiger partial charge in [0.15, 0.2) is 0 Å². The van der Waals surface area contributed by atoms with E-state index >= 15 is 0 Å². The molecule has 38 heavy (non-hydrogen) atoms. The van der Waals surface area contributed by atoms with E-state index in [9.17, 15) is 14.4 Å². The summed E-state index contributed by atoms with van der Waals surface area (Å²) in [5, 5.41) is 5.95. The molecule has 4 rings (SSSR count). The largest absolute Gasteiger partial charge is 0.457 e. The molecule has 2 N–H and O–H groups in total. The highest BCUT2D eigenvalue weighted by Crippen LogP contribution is 2.38. The Labute approximate surface area is 223 Å². The number of para-hydroxylation sites is 1. The van der Waals surface area contributed by atoms with Gasteiger partial charge < -0.3 is 25.0 Å². The monoisotopic (exact) mass is 520 g/mol. The first-order valence-electron chi connectivity index (χ1n) is 13.1. The predicted molar refractivity (Wildman–Crippen MR) is 143 cm³/mol. The van der Waals surface area contributed by atoms with Crippen LogP contribution in [0.3, 0.4) is 0 Å². The lowest BCUT2D eigenvalue weighted by Crippen LogP contribution is -2.51. The molecule has 0 fully saturated rings. The molecule has 0 spiro atoms. The van der Waals surface area contributed by atoms with Crippen molar-refractivity contribution in [1.29, 1.82) is 0 Å². The Morgan fingerprint density at radius 3 is 2.53 bits per heavy atom. The Bertz CT molecular complexity index is 1200. The second kappa shape index (κ2) is 12.1. The van der Waals surface area contributed by atoms with Crippen LogP contribution in [0.2, 0.25) is 0 Å². The second-order valence-corrected chi connectivity index (χ2v) is 9.73. The number of hydrogen-bond acceptors (Lipinski definition) is 5. The first-order chi connectivity index (χ1) is 18.3. The fourth-order valence-electron chi connectivity index (χ4n) is 5.04. The smallest absolute Gasteiger partial charge is 0.322 e. The van der Waals surface area contributed by atoms with Crippen LogP contribution in [0.15, 0.2) is 65.9 Å². The van der Waals surface area contributed by atoms with Gasteiger partial charge in [0.05, 0.1) is 23.9 Å². The van der Waals surface area contributed by atoms with Gasteiger partial charge in [-0.25, -0.2) is 4.79 Å². The minimum atomic E-state index is -0.669. The third-order valence-electron chi connectivity index (χ3n) is 6.80. The number of benzene rings is 2. The average molecular weight is 521 g/mol. The van der Waals surface area contributed by atoms with Crippen molar-refractivity contribution in [2.24, 2.45) is 5.92 Å². The van der Waals surface area contributed by atoms with Gasteiger partial charge in [0, 0.05) is 26.8 Å². The zero-order valence-electron chi connectivity index (χ0n) is 22.4. The quantitative estimate of drug-likeness (QED) is 0.439. The van der Waals surface area contributed by atoms with Crippen molar-refractivity contribution in [2.75, 3.05) is 33.4 Å². The van der Waals surface area contributed by atoms with Gasteiger partial charge >= 0.3 is 6.03 Å². The third-order valence-corrected chi connectivity index (χ3v) is 6.80. The van der Waals surface area contributed by atoms with E-state index in [4.69, 9.17) is 9.47 Å². The Hall–Kier alpha value is -3.85. The maximum atomic E-state index is 14.0. The molecule has 9 heteroatoms. The first kappa shape index (κ1) is 27.2. The SMILES string of the molecule is CCN1C(=O)N[C@@H](c2cccc(Oc3ccccc3)c2)C2=C1CN([C@H](C(=O)NCCCOC)C(C)C)C2=O. The van der Waals surface area contributed by atoms with Gasteiger partial charge in [-0.05, 0) is 49.1 Å². The van der Waals surface area contributed by atoms with E-state index in [1.165, 1.54) is 0 Å². The average Bonchev–Trinajstić information content (AvgIpc) is 3.23. The highest BCUT2D eigenvalue weighted by Gasteiger charge is 2.47. The van der Waals surface area contributed by atoms with Gasteiger partial charge in [0.1, 0.15) is 17.5 Å². The summed E-state index contributed by atoms with van der Waals surface area (Å²) in [6.45, 7) is 7.32. The normalized spacial score (nSPS) is 18.0. The van der Waals surface area contributed by atoms with Crippen LogP contribution in [0, 0.1) is 5.92 Å². The molecular formula is C29H36N4O5. The Kier molecular flexibility index (Phi) is 8.68. The number of amides is 4. The zero-order valence-corrected chi connectivity index (χ0v) is 22.4. The lowest BCUT2D eigenvalue weighted by molar-refractivity contribution is -0.138. The molecule has 0 saturated carbocycles. The zero-order chi connectivity index (χ0) is 27.2. The summed E-state index contributed by atoms with van der Waals surface area (Å²) in [5.41, 5.74) is 1.86. The van der Waals surface area contributed by atoms with Crippen molar-refractivity contribution >= 4 is 17.8 Å². The molecule has 2 aromatic rings. The lowest BCUT2D eigenvalue weighted by atomic mass is 9.95. The molecule has 0 unspecified atom stereocenters. The van der Waals surface area contributed by atoms with E-state index in [1.54, 1.807) is 16.9 Å². The molecule has 0 aromatic heterocycles. The summed E-state index contributed by atoms with van der Waals surface area (Å²) in [5.74, 6) is 0.710. The molecule has 9 nitrogen and oxygen atoms in total. The van der Waals surface area contributed by atoms with Crippen molar-refractivity contribution in [1.82, 2.24) is 20.4 Å². The van der Waals surface area contributed by atoms with E-state index in [2.05, 4.69) is 10.6 Å². The van der Waals surface area contributed by atoms with Crippen molar-refractivity contribution in [3.63, 3.8) is 0 Å². The Balaban J connectivity index is 1.63. The number of rotatable bonds is 11. The second-order valence-electron chi connectivity index (χ2n) is 9.73. The predicted octanol–water partition coefficient (Wildman–Crippen LogP) is 3.84. The molecule has 0 saturated heterocycles. The minimum Gasteiger partial charge on any atom is -0.457 e. The highest BCUT2D eigenvalue weighted by atomic mass is 16.5. The molecule has 2 atom stereocenters. The molecule has 0 radical (unpaired) electrons. The number of nitrogens with zero attached hydrogens (tertiary/aromatic N) is 2. The molecule has 2 aromatic carbocycles.